The molecule has 1 fully saturated rings. The SMILES string of the molecule is Cc1cc(NC(=O)CCC(=O)N(Cc2cccs2)[C@@H](C(=O)NC2CCCC2)c2ccccc2)no1. The van der Waals surface area contributed by atoms with Crippen LogP contribution < -0.4 is 10.6 Å². The van der Waals surface area contributed by atoms with Crippen LogP contribution in [0.25, 0.3) is 0 Å². The van der Waals surface area contributed by atoms with E-state index in [1.54, 1.807) is 17.9 Å². The molecule has 0 unspecified atom stereocenters. The van der Waals surface area contributed by atoms with E-state index in [1.807, 2.05) is 47.8 Å². The highest BCUT2D eigenvalue weighted by atomic mass is 32.1. The number of carbonyl (C=O) groups excluding carboxylic acids is 3. The maximum atomic E-state index is 13.6. The summed E-state index contributed by atoms with van der Waals surface area (Å²) in [7, 11) is 0. The van der Waals surface area contributed by atoms with Crippen molar-refractivity contribution in [3.05, 3.63) is 70.1 Å². The lowest BCUT2D eigenvalue weighted by molar-refractivity contribution is -0.142. The molecule has 1 aliphatic carbocycles. The Balaban J connectivity index is 1.53. The van der Waals surface area contributed by atoms with Gasteiger partial charge in [-0.05, 0) is 36.8 Å². The second kappa shape index (κ2) is 11.8. The highest BCUT2D eigenvalue weighted by molar-refractivity contribution is 7.09. The van der Waals surface area contributed by atoms with Gasteiger partial charge in [0.25, 0.3) is 0 Å². The van der Waals surface area contributed by atoms with Crippen molar-refractivity contribution in [1.29, 1.82) is 0 Å². The Morgan fingerprint density at radius 1 is 1.11 bits per heavy atom. The van der Waals surface area contributed by atoms with Gasteiger partial charge in [-0.2, -0.15) is 0 Å². The minimum absolute atomic E-state index is 0.0303. The summed E-state index contributed by atoms with van der Waals surface area (Å²) in [6, 6.07) is 14.2. The van der Waals surface area contributed by atoms with Gasteiger partial charge in [0.2, 0.25) is 17.7 Å². The fraction of sp³-hybridized carbons (Fsp3) is 0.385. The van der Waals surface area contributed by atoms with Gasteiger partial charge in [0.05, 0.1) is 6.54 Å². The molecule has 9 heteroatoms. The van der Waals surface area contributed by atoms with Crippen molar-refractivity contribution in [3.63, 3.8) is 0 Å². The fourth-order valence-electron chi connectivity index (χ4n) is 4.35. The molecule has 35 heavy (non-hydrogen) atoms. The minimum Gasteiger partial charge on any atom is -0.360 e. The van der Waals surface area contributed by atoms with E-state index in [9.17, 15) is 14.4 Å². The van der Waals surface area contributed by atoms with Crippen LogP contribution in [0.1, 0.15) is 60.8 Å². The second-order valence-corrected chi connectivity index (χ2v) is 9.81. The Bertz CT molecular complexity index is 1120. The normalized spacial score (nSPS) is 14.4. The van der Waals surface area contributed by atoms with E-state index in [1.165, 1.54) is 11.3 Å². The summed E-state index contributed by atoms with van der Waals surface area (Å²) in [4.78, 5) is 42.1. The molecule has 0 aliphatic heterocycles. The fourth-order valence-corrected chi connectivity index (χ4v) is 5.05. The Morgan fingerprint density at radius 3 is 2.54 bits per heavy atom. The smallest absolute Gasteiger partial charge is 0.247 e. The lowest BCUT2D eigenvalue weighted by Crippen LogP contribution is -2.45. The molecule has 8 nitrogen and oxygen atoms in total. The van der Waals surface area contributed by atoms with Crippen LogP contribution in [0.4, 0.5) is 5.82 Å². The number of hydrogen-bond donors (Lipinski definition) is 2. The number of anilines is 1. The first-order valence-electron chi connectivity index (χ1n) is 11.9. The predicted octanol–water partition coefficient (Wildman–Crippen LogP) is 4.59. The largest absolute Gasteiger partial charge is 0.360 e. The van der Waals surface area contributed by atoms with Crippen LogP contribution in [0.3, 0.4) is 0 Å². The topological polar surface area (TPSA) is 105 Å². The number of carbonyl (C=O) groups is 3. The predicted molar refractivity (Wildman–Crippen MR) is 134 cm³/mol. The molecule has 2 heterocycles. The highest BCUT2D eigenvalue weighted by Crippen LogP contribution is 2.27. The molecule has 0 saturated heterocycles. The third-order valence-corrected chi connectivity index (χ3v) is 6.93. The van der Waals surface area contributed by atoms with Crippen LogP contribution >= 0.6 is 11.3 Å². The zero-order chi connectivity index (χ0) is 24.6. The van der Waals surface area contributed by atoms with E-state index in [0.29, 0.717) is 11.6 Å². The molecule has 1 saturated carbocycles. The molecule has 1 aliphatic rings. The van der Waals surface area contributed by atoms with Crippen molar-refractivity contribution < 1.29 is 18.9 Å². The third-order valence-electron chi connectivity index (χ3n) is 6.06. The van der Waals surface area contributed by atoms with Gasteiger partial charge in [-0.25, -0.2) is 0 Å². The van der Waals surface area contributed by atoms with Crippen LogP contribution in [0, 0.1) is 6.92 Å². The number of aryl methyl sites for hydroxylation is 1. The van der Waals surface area contributed by atoms with Crippen LogP contribution in [-0.2, 0) is 20.9 Å². The van der Waals surface area contributed by atoms with E-state index in [4.69, 9.17) is 4.52 Å². The molecule has 0 radical (unpaired) electrons. The van der Waals surface area contributed by atoms with Crippen molar-refractivity contribution >= 4 is 34.9 Å². The van der Waals surface area contributed by atoms with Gasteiger partial charge in [-0.1, -0.05) is 54.4 Å². The van der Waals surface area contributed by atoms with Gasteiger partial charge >= 0.3 is 0 Å². The Morgan fingerprint density at radius 2 is 1.89 bits per heavy atom. The zero-order valence-corrected chi connectivity index (χ0v) is 20.6. The molecule has 0 spiro atoms. The average Bonchev–Trinajstić information content (AvgIpc) is 3.62. The summed E-state index contributed by atoms with van der Waals surface area (Å²) < 4.78 is 4.97. The number of rotatable bonds is 10. The van der Waals surface area contributed by atoms with Gasteiger partial charge in [0, 0.05) is 29.8 Å². The van der Waals surface area contributed by atoms with Crippen LogP contribution in [0.5, 0.6) is 0 Å². The lowest BCUT2D eigenvalue weighted by atomic mass is 10.0. The summed E-state index contributed by atoms with van der Waals surface area (Å²) >= 11 is 1.53. The Hall–Kier alpha value is -3.46. The van der Waals surface area contributed by atoms with Crippen molar-refractivity contribution in [2.45, 2.75) is 64.1 Å². The molecule has 3 amide bonds. The number of hydrogen-bond acceptors (Lipinski definition) is 6. The van der Waals surface area contributed by atoms with Gasteiger partial charge in [-0.15, -0.1) is 11.3 Å². The summed E-state index contributed by atoms with van der Waals surface area (Å²) in [5.41, 5.74) is 0.746. The number of nitrogens with zero attached hydrogens (tertiary/aromatic N) is 2. The molecule has 2 aromatic heterocycles. The van der Waals surface area contributed by atoms with Crippen molar-refractivity contribution in [1.82, 2.24) is 15.4 Å². The number of thiophene rings is 1. The maximum Gasteiger partial charge on any atom is 0.247 e. The molecular formula is C26H30N4O4S. The molecule has 0 bridgehead atoms. The maximum absolute atomic E-state index is 13.6. The van der Waals surface area contributed by atoms with Gasteiger partial charge < -0.3 is 20.1 Å². The van der Waals surface area contributed by atoms with E-state index in [-0.39, 0.29) is 43.1 Å². The van der Waals surface area contributed by atoms with Crippen molar-refractivity contribution in [3.8, 4) is 0 Å². The standard InChI is InChI=1S/C26H30N4O4S/c1-18-16-22(29-34-18)28-23(31)13-14-24(32)30(17-21-12-7-15-35-21)25(19-8-3-2-4-9-19)26(33)27-20-10-5-6-11-20/h2-4,7-9,12,15-16,20,25H,5-6,10-11,13-14,17H2,1H3,(H,27,33)(H,28,29,31)/t25-/m1/s1. The second-order valence-electron chi connectivity index (χ2n) is 8.78. The van der Waals surface area contributed by atoms with Gasteiger partial charge in [0.15, 0.2) is 5.82 Å². The van der Waals surface area contributed by atoms with E-state index in [0.717, 1.165) is 36.1 Å². The first-order valence-corrected chi connectivity index (χ1v) is 12.8. The molecule has 3 aromatic rings. The van der Waals surface area contributed by atoms with Crippen LogP contribution in [-0.4, -0.2) is 33.8 Å². The third kappa shape index (κ3) is 6.79. The highest BCUT2D eigenvalue weighted by Gasteiger charge is 2.33. The molecule has 2 N–H and O–H groups in total. The van der Waals surface area contributed by atoms with Crippen LogP contribution in [0.15, 0.2) is 58.4 Å². The molecule has 1 aromatic carbocycles. The minimum atomic E-state index is -0.785. The Kier molecular flexibility index (Phi) is 8.31. The summed E-state index contributed by atoms with van der Waals surface area (Å²) in [6.45, 7) is 2.02. The van der Waals surface area contributed by atoms with E-state index in [2.05, 4.69) is 15.8 Å². The molecule has 184 valence electrons. The number of nitrogens with one attached hydrogen (secondary N) is 2. The van der Waals surface area contributed by atoms with Crippen molar-refractivity contribution in [2.24, 2.45) is 0 Å². The first kappa shape index (κ1) is 24.7. The number of amides is 3. The van der Waals surface area contributed by atoms with Gasteiger partial charge in [-0.3, -0.25) is 14.4 Å². The molecule has 4 rings (SSSR count). The van der Waals surface area contributed by atoms with Crippen LogP contribution in [0.2, 0.25) is 0 Å². The quantitative estimate of drug-likeness (QED) is 0.429. The number of aromatic nitrogens is 1. The first-order chi connectivity index (χ1) is 17.0. The summed E-state index contributed by atoms with van der Waals surface area (Å²) in [6.07, 6.45) is 4.03. The van der Waals surface area contributed by atoms with E-state index >= 15 is 0 Å². The summed E-state index contributed by atoms with van der Waals surface area (Å²) in [5, 5.41) is 11.5. The monoisotopic (exact) mass is 494 g/mol. The molecular weight excluding hydrogens is 464 g/mol. The Labute approximate surface area is 208 Å². The van der Waals surface area contributed by atoms with E-state index < -0.39 is 6.04 Å². The zero-order valence-electron chi connectivity index (χ0n) is 19.7. The van der Waals surface area contributed by atoms with Gasteiger partial charge in [0.1, 0.15) is 11.8 Å². The average molecular weight is 495 g/mol. The molecule has 1 atom stereocenters. The number of benzene rings is 1. The lowest BCUT2D eigenvalue weighted by Gasteiger charge is -2.32. The summed E-state index contributed by atoms with van der Waals surface area (Å²) in [5.74, 6) is 0.108. The van der Waals surface area contributed by atoms with Crippen molar-refractivity contribution in [2.75, 3.05) is 5.32 Å².